The van der Waals surface area contributed by atoms with E-state index in [1.54, 1.807) is 16.3 Å². The maximum absolute atomic E-state index is 12.7. The van der Waals surface area contributed by atoms with Gasteiger partial charge in [0.1, 0.15) is 0 Å². The third kappa shape index (κ3) is 3.77. The van der Waals surface area contributed by atoms with Crippen molar-refractivity contribution < 1.29 is 13.2 Å². The molecule has 7 heteroatoms. The van der Waals surface area contributed by atoms with Gasteiger partial charge in [-0.05, 0) is 35.7 Å². The molecule has 1 amide bonds. The Hall–Kier alpha value is -2.38. The molecule has 2 aliphatic heterocycles. The predicted octanol–water partition coefficient (Wildman–Crippen LogP) is 1.90. The topological polar surface area (TPSA) is 60.9 Å². The average molecular weight is 400 g/mol. The summed E-state index contributed by atoms with van der Waals surface area (Å²) in [5.41, 5.74) is 4.12. The molecule has 2 aromatic carbocycles. The highest BCUT2D eigenvalue weighted by atomic mass is 32.2. The molecule has 2 aromatic rings. The minimum absolute atomic E-state index is 0.112. The summed E-state index contributed by atoms with van der Waals surface area (Å²) >= 11 is 0. The van der Waals surface area contributed by atoms with Crippen LogP contribution in [-0.2, 0) is 27.7 Å². The number of anilines is 2. The largest absolute Gasteiger partial charge is 0.369 e. The molecule has 28 heavy (non-hydrogen) atoms. The first-order chi connectivity index (χ1) is 13.4. The van der Waals surface area contributed by atoms with Crippen LogP contribution < -0.4 is 9.80 Å². The molecule has 0 aromatic heterocycles. The zero-order valence-electron chi connectivity index (χ0n) is 16.0. The summed E-state index contributed by atoms with van der Waals surface area (Å²) in [4.78, 5) is 15.8. The normalized spacial score (nSPS) is 17.8. The lowest BCUT2D eigenvalue weighted by atomic mass is 10.1. The molecule has 0 radical (unpaired) electrons. The number of benzene rings is 2. The van der Waals surface area contributed by atoms with Crippen molar-refractivity contribution in [3.63, 3.8) is 0 Å². The lowest BCUT2D eigenvalue weighted by Gasteiger charge is -2.35. The molecule has 0 aliphatic carbocycles. The molecule has 148 valence electrons. The Morgan fingerprint density at radius 2 is 1.68 bits per heavy atom. The third-order valence-corrected chi connectivity index (χ3v) is 7.50. The van der Waals surface area contributed by atoms with Crippen molar-refractivity contribution in [1.82, 2.24) is 4.31 Å². The van der Waals surface area contributed by atoms with E-state index < -0.39 is 10.0 Å². The van der Waals surface area contributed by atoms with Crippen molar-refractivity contribution in [2.45, 2.75) is 12.8 Å². The first-order valence-corrected chi connectivity index (χ1v) is 11.2. The van der Waals surface area contributed by atoms with Crippen LogP contribution in [0.2, 0.25) is 0 Å². The molecule has 2 heterocycles. The second kappa shape index (κ2) is 7.56. The number of carbonyl (C=O) groups is 1. The Bertz CT molecular complexity index is 968. The van der Waals surface area contributed by atoms with E-state index >= 15 is 0 Å². The minimum atomic E-state index is -3.26. The number of rotatable bonds is 5. The molecule has 1 saturated heterocycles. The highest BCUT2D eigenvalue weighted by molar-refractivity contribution is 7.89. The molecule has 0 N–H and O–H groups in total. The summed E-state index contributed by atoms with van der Waals surface area (Å²) in [7, 11) is -1.46. The van der Waals surface area contributed by atoms with Gasteiger partial charge in [-0.25, -0.2) is 8.42 Å². The number of fused-ring (bicyclic) bond motifs is 1. The van der Waals surface area contributed by atoms with Gasteiger partial charge in [0, 0.05) is 44.6 Å². The minimum Gasteiger partial charge on any atom is -0.369 e. The van der Waals surface area contributed by atoms with Gasteiger partial charge in [0.15, 0.2) is 0 Å². The van der Waals surface area contributed by atoms with Crippen LogP contribution >= 0.6 is 0 Å². The number of amides is 1. The number of piperazine rings is 1. The van der Waals surface area contributed by atoms with Gasteiger partial charge in [-0.2, -0.15) is 4.31 Å². The number of aryl methyl sites for hydroxylation is 1. The number of sulfonamides is 1. The Balaban J connectivity index is 1.37. The van der Waals surface area contributed by atoms with E-state index in [1.807, 2.05) is 42.5 Å². The molecule has 4 rings (SSSR count). The fraction of sp³-hybridized carbons (Fsp3) is 0.381. The maximum Gasteiger partial charge on any atom is 0.231 e. The molecule has 0 saturated carbocycles. The summed E-state index contributed by atoms with van der Waals surface area (Å²) in [5, 5.41) is 0. The summed E-state index contributed by atoms with van der Waals surface area (Å²) in [5.74, 6) is 0.256. The van der Waals surface area contributed by atoms with Crippen molar-refractivity contribution in [2.75, 3.05) is 48.8 Å². The van der Waals surface area contributed by atoms with Crippen LogP contribution in [0.3, 0.4) is 0 Å². The molecular weight excluding hydrogens is 374 g/mol. The van der Waals surface area contributed by atoms with Gasteiger partial charge in [-0.15, -0.1) is 0 Å². The highest BCUT2D eigenvalue weighted by Crippen LogP contribution is 2.31. The summed E-state index contributed by atoms with van der Waals surface area (Å²) in [6.07, 6.45) is 0.975. The van der Waals surface area contributed by atoms with Gasteiger partial charge in [0.2, 0.25) is 15.9 Å². The SMILES string of the molecule is CN1C(=O)Cc2cc(N3CCN(S(=O)(=O)CCc4ccccc4)CC3)ccc21. The fourth-order valence-electron chi connectivity index (χ4n) is 3.90. The highest BCUT2D eigenvalue weighted by Gasteiger charge is 2.28. The van der Waals surface area contributed by atoms with Crippen molar-refractivity contribution in [2.24, 2.45) is 0 Å². The molecule has 1 fully saturated rings. The molecule has 6 nitrogen and oxygen atoms in total. The standard InChI is InChI=1S/C21H25N3O3S/c1-22-20-8-7-19(15-18(20)16-21(22)25)23-10-12-24(13-11-23)28(26,27)14-9-17-5-3-2-4-6-17/h2-8,15H,9-14,16H2,1H3. The van der Waals surface area contributed by atoms with Gasteiger partial charge in [-0.1, -0.05) is 30.3 Å². The second-order valence-corrected chi connectivity index (χ2v) is 9.47. The monoisotopic (exact) mass is 399 g/mol. The van der Waals surface area contributed by atoms with Crippen molar-refractivity contribution >= 4 is 27.3 Å². The number of carbonyl (C=O) groups excluding carboxylic acids is 1. The van der Waals surface area contributed by atoms with E-state index in [-0.39, 0.29) is 11.7 Å². The van der Waals surface area contributed by atoms with Crippen LogP contribution in [0.1, 0.15) is 11.1 Å². The molecule has 0 spiro atoms. The molecule has 0 bridgehead atoms. The zero-order chi connectivity index (χ0) is 19.7. The first kappa shape index (κ1) is 19.0. The Morgan fingerprint density at radius 1 is 0.964 bits per heavy atom. The number of likely N-dealkylation sites (N-methyl/N-ethyl adjacent to an activating group) is 1. The van der Waals surface area contributed by atoms with E-state index in [0.29, 0.717) is 39.0 Å². The van der Waals surface area contributed by atoms with Gasteiger partial charge < -0.3 is 9.80 Å². The Labute approximate surface area is 166 Å². The van der Waals surface area contributed by atoms with Crippen LogP contribution in [0.4, 0.5) is 11.4 Å². The van der Waals surface area contributed by atoms with Gasteiger partial charge in [0.25, 0.3) is 0 Å². The lowest BCUT2D eigenvalue weighted by molar-refractivity contribution is -0.117. The summed E-state index contributed by atoms with van der Waals surface area (Å²) in [6.45, 7) is 2.31. The average Bonchev–Trinajstić information content (AvgIpc) is 3.00. The van der Waals surface area contributed by atoms with Gasteiger partial charge >= 0.3 is 0 Å². The molecular formula is C21H25N3O3S. The number of hydrogen-bond acceptors (Lipinski definition) is 4. The number of hydrogen-bond donors (Lipinski definition) is 0. The lowest BCUT2D eigenvalue weighted by Crippen LogP contribution is -2.49. The van der Waals surface area contributed by atoms with Crippen LogP contribution in [0.5, 0.6) is 0 Å². The smallest absolute Gasteiger partial charge is 0.231 e. The van der Waals surface area contributed by atoms with E-state index in [2.05, 4.69) is 11.0 Å². The predicted molar refractivity (Wildman–Crippen MR) is 111 cm³/mol. The van der Waals surface area contributed by atoms with E-state index in [1.165, 1.54) is 0 Å². The molecule has 0 atom stereocenters. The van der Waals surface area contributed by atoms with Crippen molar-refractivity contribution in [3.8, 4) is 0 Å². The van der Waals surface area contributed by atoms with Crippen LogP contribution in [0.15, 0.2) is 48.5 Å². The quantitative estimate of drug-likeness (QED) is 0.771. The van der Waals surface area contributed by atoms with E-state index in [4.69, 9.17) is 0 Å². The maximum atomic E-state index is 12.7. The van der Waals surface area contributed by atoms with Crippen LogP contribution in [0, 0.1) is 0 Å². The molecule has 2 aliphatic rings. The van der Waals surface area contributed by atoms with Gasteiger partial charge in [-0.3, -0.25) is 4.79 Å². The van der Waals surface area contributed by atoms with Crippen molar-refractivity contribution in [3.05, 3.63) is 59.7 Å². The van der Waals surface area contributed by atoms with Crippen LogP contribution in [-0.4, -0.2) is 57.6 Å². The first-order valence-electron chi connectivity index (χ1n) is 9.60. The summed E-state index contributed by atoms with van der Waals surface area (Å²) < 4.78 is 27.0. The van der Waals surface area contributed by atoms with Crippen LogP contribution in [0.25, 0.3) is 0 Å². The van der Waals surface area contributed by atoms with E-state index in [0.717, 1.165) is 22.5 Å². The Morgan fingerprint density at radius 3 is 2.39 bits per heavy atom. The van der Waals surface area contributed by atoms with E-state index in [9.17, 15) is 13.2 Å². The zero-order valence-corrected chi connectivity index (χ0v) is 16.9. The fourth-order valence-corrected chi connectivity index (χ4v) is 5.37. The second-order valence-electron chi connectivity index (χ2n) is 7.38. The van der Waals surface area contributed by atoms with Crippen molar-refractivity contribution in [1.29, 1.82) is 0 Å². The van der Waals surface area contributed by atoms with Gasteiger partial charge in [0.05, 0.1) is 12.2 Å². The number of nitrogens with zero attached hydrogens (tertiary/aromatic N) is 3. The Kier molecular flexibility index (Phi) is 5.12. The molecule has 0 unspecified atom stereocenters. The summed E-state index contributed by atoms with van der Waals surface area (Å²) in [6, 6.07) is 15.8. The third-order valence-electron chi connectivity index (χ3n) is 5.63.